The molecule has 1 saturated heterocycles. The molecule has 3 N–H and O–H groups in total. The lowest BCUT2D eigenvalue weighted by Gasteiger charge is -2.34. The van der Waals surface area contributed by atoms with Gasteiger partial charge in [0.15, 0.2) is 0 Å². The predicted octanol–water partition coefficient (Wildman–Crippen LogP) is 4.55. The van der Waals surface area contributed by atoms with Crippen LogP contribution >= 0.6 is 0 Å². The van der Waals surface area contributed by atoms with E-state index in [2.05, 4.69) is 39.0 Å². The van der Waals surface area contributed by atoms with E-state index in [4.69, 9.17) is 9.47 Å². The average Bonchev–Trinajstić information content (AvgIpc) is 2.84. The maximum absolute atomic E-state index is 12.0. The zero-order valence-electron chi connectivity index (χ0n) is 22.6. The molecule has 2 aliphatic rings. The first-order valence-electron chi connectivity index (χ1n) is 13.6. The number of rotatable bonds is 10. The minimum Gasteiger partial charge on any atom is -0.469 e. The zero-order valence-corrected chi connectivity index (χ0v) is 22.6. The van der Waals surface area contributed by atoms with Crippen LogP contribution in [0.4, 0.5) is 16.2 Å². The first-order valence-corrected chi connectivity index (χ1v) is 13.6. The van der Waals surface area contributed by atoms with Crippen molar-refractivity contribution in [2.75, 3.05) is 50.1 Å². The highest BCUT2D eigenvalue weighted by Crippen LogP contribution is 2.27. The van der Waals surface area contributed by atoms with Gasteiger partial charge in [-0.15, -0.1) is 0 Å². The summed E-state index contributed by atoms with van der Waals surface area (Å²) in [6.45, 7) is 10.5. The van der Waals surface area contributed by atoms with Gasteiger partial charge in [-0.2, -0.15) is 0 Å². The number of nitrogens with zero attached hydrogens (tertiary/aromatic N) is 1. The largest absolute Gasteiger partial charge is 0.469 e. The Morgan fingerprint density at radius 1 is 1.00 bits per heavy atom. The van der Waals surface area contributed by atoms with E-state index in [-0.39, 0.29) is 18.1 Å². The van der Waals surface area contributed by atoms with E-state index >= 15 is 0 Å². The fraction of sp³-hybridized carbons (Fsp3) is 0.714. The third kappa shape index (κ3) is 9.88. The number of methoxy groups -OCH3 is 1. The molecule has 36 heavy (non-hydrogen) atoms. The Kier molecular flexibility index (Phi) is 10.7. The second kappa shape index (κ2) is 13.7. The second-order valence-corrected chi connectivity index (χ2v) is 11.3. The van der Waals surface area contributed by atoms with Crippen molar-refractivity contribution in [2.45, 2.75) is 77.4 Å². The molecule has 1 amide bonds. The summed E-state index contributed by atoms with van der Waals surface area (Å²) in [4.78, 5) is 25.8. The van der Waals surface area contributed by atoms with Crippen LogP contribution in [0.15, 0.2) is 24.3 Å². The topological polar surface area (TPSA) is 91.9 Å². The number of amides is 1. The monoisotopic (exact) mass is 502 g/mol. The van der Waals surface area contributed by atoms with Gasteiger partial charge < -0.3 is 30.3 Å². The van der Waals surface area contributed by atoms with Crippen LogP contribution in [0, 0.1) is 11.8 Å². The van der Waals surface area contributed by atoms with Crippen molar-refractivity contribution in [3.05, 3.63) is 24.3 Å². The van der Waals surface area contributed by atoms with E-state index in [1.807, 2.05) is 26.8 Å². The van der Waals surface area contributed by atoms with Gasteiger partial charge in [-0.05, 0) is 102 Å². The molecule has 8 heteroatoms. The smallest absolute Gasteiger partial charge is 0.407 e. The number of esters is 1. The van der Waals surface area contributed by atoms with Crippen molar-refractivity contribution in [3.8, 4) is 0 Å². The van der Waals surface area contributed by atoms with Crippen LogP contribution in [0.2, 0.25) is 0 Å². The number of carbonyl (C=O) groups excluding carboxylic acids is 2. The van der Waals surface area contributed by atoms with Crippen LogP contribution in [0.3, 0.4) is 0 Å². The normalized spacial score (nSPS) is 21.1. The molecule has 0 radical (unpaired) electrons. The SMILES string of the molecule is COC(=O)CCNc1cccc(N2CCC(CNCC3CCC(NC(=O)OC(C)(C)C)CC3)CC2)c1. The minimum atomic E-state index is -0.449. The predicted molar refractivity (Wildman–Crippen MR) is 144 cm³/mol. The van der Waals surface area contributed by atoms with Gasteiger partial charge in [0.1, 0.15) is 5.60 Å². The molecular weight excluding hydrogens is 456 g/mol. The van der Waals surface area contributed by atoms with E-state index in [0.29, 0.717) is 24.8 Å². The Hall–Kier alpha value is -2.48. The van der Waals surface area contributed by atoms with E-state index in [1.54, 1.807) is 0 Å². The summed E-state index contributed by atoms with van der Waals surface area (Å²) in [6, 6.07) is 8.68. The molecule has 0 spiro atoms. The summed E-state index contributed by atoms with van der Waals surface area (Å²) in [5, 5.41) is 10.1. The molecule has 0 bridgehead atoms. The minimum absolute atomic E-state index is 0.197. The molecule has 1 aliphatic heterocycles. The number of piperidine rings is 1. The highest BCUT2D eigenvalue weighted by atomic mass is 16.6. The molecule has 1 heterocycles. The van der Waals surface area contributed by atoms with Gasteiger partial charge in [0.25, 0.3) is 0 Å². The Balaban J connectivity index is 1.29. The molecule has 0 atom stereocenters. The van der Waals surface area contributed by atoms with Crippen LogP contribution in [0.25, 0.3) is 0 Å². The third-order valence-electron chi connectivity index (χ3n) is 7.15. The molecule has 1 aromatic rings. The van der Waals surface area contributed by atoms with Crippen molar-refractivity contribution < 1.29 is 19.1 Å². The number of nitrogens with one attached hydrogen (secondary N) is 3. The van der Waals surface area contributed by atoms with Gasteiger partial charge in [-0.3, -0.25) is 4.79 Å². The summed E-state index contributed by atoms with van der Waals surface area (Å²) < 4.78 is 10.1. The molecule has 1 aromatic carbocycles. The highest BCUT2D eigenvalue weighted by molar-refractivity contribution is 5.70. The zero-order chi connectivity index (χ0) is 26.0. The number of anilines is 2. The molecule has 3 rings (SSSR count). The number of hydrogen-bond donors (Lipinski definition) is 3. The number of alkyl carbamates (subject to hydrolysis) is 1. The van der Waals surface area contributed by atoms with E-state index in [1.165, 1.54) is 25.6 Å². The van der Waals surface area contributed by atoms with Crippen LogP contribution < -0.4 is 20.9 Å². The first-order chi connectivity index (χ1) is 17.2. The Morgan fingerprint density at radius 3 is 2.31 bits per heavy atom. The summed E-state index contributed by atoms with van der Waals surface area (Å²) >= 11 is 0. The number of ether oxygens (including phenoxy) is 2. The quantitative estimate of drug-likeness (QED) is 0.404. The maximum Gasteiger partial charge on any atom is 0.407 e. The fourth-order valence-corrected chi connectivity index (χ4v) is 5.10. The second-order valence-electron chi connectivity index (χ2n) is 11.3. The van der Waals surface area contributed by atoms with Gasteiger partial charge in [-0.1, -0.05) is 6.07 Å². The van der Waals surface area contributed by atoms with Gasteiger partial charge in [0.2, 0.25) is 0 Å². The molecule has 1 saturated carbocycles. The van der Waals surface area contributed by atoms with Gasteiger partial charge in [0.05, 0.1) is 13.5 Å². The van der Waals surface area contributed by atoms with Crippen molar-refractivity contribution in [2.24, 2.45) is 11.8 Å². The van der Waals surface area contributed by atoms with E-state index < -0.39 is 5.60 Å². The highest BCUT2D eigenvalue weighted by Gasteiger charge is 2.25. The fourth-order valence-electron chi connectivity index (χ4n) is 5.10. The van der Waals surface area contributed by atoms with Crippen LogP contribution in [-0.2, 0) is 14.3 Å². The van der Waals surface area contributed by atoms with Gasteiger partial charge >= 0.3 is 12.1 Å². The molecule has 202 valence electrons. The third-order valence-corrected chi connectivity index (χ3v) is 7.15. The van der Waals surface area contributed by atoms with Crippen molar-refractivity contribution in [1.29, 1.82) is 0 Å². The molecule has 0 unspecified atom stereocenters. The van der Waals surface area contributed by atoms with Gasteiger partial charge in [-0.25, -0.2) is 4.79 Å². The average molecular weight is 503 g/mol. The van der Waals surface area contributed by atoms with Crippen LogP contribution in [0.1, 0.15) is 65.7 Å². The number of hydrogen-bond acceptors (Lipinski definition) is 7. The Morgan fingerprint density at radius 2 is 1.67 bits per heavy atom. The van der Waals surface area contributed by atoms with E-state index in [0.717, 1.165) is 57.5 Å². The van der Waals surface area contributed by atoms with E-state index in [9.17, 15) is 9.59 Å². The Bertz CT molecular complexity index is 825. The number of benzene rings is 1. The first kappa shape index (κ1) is 28.1. The summed E-state index contributed by atoms with van der Waals surface area (Å²) in [5.74, 6) is 1.21. The molecule has 0 aromatic heterocycles. The number of carbonyl (C=O) groups is 2. The summed E-state index contributed by atoms with van der Waals surface area (Å²) in [5.41, 5.74) is 1.83. The maximum atomic E-state index is 12.0. The summed E-state index contributed by atoms with van der Waals surface area (Å²) in [6.07, 6.45) is 6.81. The molecule has 2 fully saturated rings. The standard InChI is InChI=1S/C28H46N4O4/c1-28(2,3)36-27(34)31-23-10-8-21(9-11-23)19-29-20-22-13-16-32(17-14-22)25-7-5-6-24(18-25)30-15-12-26(33)35-4/h5-7,18,21-23,29-30H,8-17,19-20H2,1-4H3,(H,31,34). The van der Waals surface area contributed by atoms with Crippen molar-refractivity contribution in [3.63, 3.8) is 0 Å². The Labute approximate surface area is 216 Å². The van der Waals surface area contributed by atoms with Crippen molar-refractivity contribution >= 4 is 23.4 Å². The lowest BCUT2D eigenvalue weighted by Crippen LogP contribution is -2.42. The lowest BCUT2D eigenvalue weighted by atomic mass is 9.86. The van der Waals surface area contributed by atoms with Crippen molar-refractivity contribution in [1.82, 2.24) is 10.6 Å². The lowest BCUT2D eigenvalue weighted by molar-refractivity contribution is -0.140. The van der Waals surface area contributed by atoms with Crippen LogP contribution in [0.5, 0.6) is 0 Å². The van der Waals surface area contributed by atoms with Crippen LogP contribution in [-0.4, -0.2) is 63.5 Å². The van der Waals surface area contributed by atoms with Gasteiger partial charge in [0, 0.05) is 37.1 Å². The summed E-state index contributed by atoms with van der Waals surface area (Å²) in [7, 11) is 1.42. The molecular formula is C28H46N4O4. The molecule has 8 nitrogen and oxygen atoms in total. The molecule has 1 aliphatic carbocycles.